The number of hydrogen-bond acceptors (Lipinski definition) is 2. The van der Waals surface area contributed by atoms with Crippen LogP contribution in [0.4, 0.5) is 0 Å². The van der Waals surface area contributed by atoms with Crippen LogP contribution in [0.25, 0.3) is 0 Å². The summed E-state index contributed by atoms with van der Waals surface area (Å²) in [7, 11) is 2.21. The van der Waals surface area contributed by atoms with Gasteiger partial charge >= 0.3 is 0 Å². The van der Waals surface area contributed by atoms with Gasteiger partial charge in [-0.3, -0.25) is 0 Å². The summed E-state index contributed by atoms with van der Waals surface area (Å²) in [5, 5.41) is 3.50. The molecule has 0 unspecified atom stereocenters. The molecule has 0 atom stereocenters. The molecule has 1 aromatic rings. The second-order valence-corrected chi connectivity index (χ2v) is 6.29. The topological polar surface area (TPSA) is 15.3 Å². The number of likely N-dealkylation sites (N-methyl/N-ethyl adjacent to an activating group) is 1. The van der Waals surface area contributed by atoms with Crippen LogP contribution in [-0.4, -0.2) is 31.6 Å². The van der Waals surface area contributed by atoms with Gasteiger partial charge in [0.15, 0.2) is 0 Å². The van der Waals surface area contributed by atoms with Gasteiger partial charge in [0, 0.05) is 19.6 Å². The average molecular weight is 260 g/mol. The van der Waals surface area contributed by atoms with Gasteiger partial charge < -0.3 is 10.2 Å². The summed E-state index contributed by atoms with van der Waals surface area (Å²) in [6.07, 6.45) is 3.90. The van der Waals surface area contributed by atoms with E-state index >= 15 is 0 Å². The van der Waals surface area contributed by atoms with Crippen LogP contribution in [0.2, 0.25) is 0 Å². The summed E-state index contributed by atoms with van der Waals surface area (Å²) in [5.41, 5.74) is 4.63. The lowest BCUT2D eigenvalue weighted by molar-refractivity contribution is 0.321. The van der Waals surface area contributed by atoms with E-state index in [-0.39, 0.29) is 0 Å². The van der Waals surface area contributed by atoms with Crippen LogP contribution in [0.3, 0.4) is 0 Å². The molecule has 0 aliphatic heterocycles. The summed E-state index contributed by atoms with van der Waals surface area (Å²) in [5.74, 6) is 0.738. The molecule has 0 radical (unpaired) electrons. The molecule has 1 aromatic carbocycles. The van der Waals surface area contributed by atoms with Crippen molar-refractivity contribution >= 4 is 0 Å². The molecular formula is C17H28N2. The van der Waals surface area contributed by atoms with Crippen molar-refractivity contribution in [1.82, 2.24) is 10.2 Å². The van der Waals surface area contributed by atoms with E-state index in [0.717, 1.165) is 32.1 Å². The number of fused-ring (bicyclic) bond motifs is 1. The molecule has 106 valence electrons. The predicted octanol–water partition coefficient (Wildman–Crippen LogP) is 2.85. The molecule has 0 heterocycles. The first-order chi connectivity index (χ1) is 9.15. The fraction of sp³-hybridized carbons (Fsp3) is 0.647. The van der Waals surface area contributed by atoms with Crippen molar-refractivity contribution in [2.45, 2.75) is 39.7 Å². The van der Waals surface area contributed by atoms with Gasteiger partial charge in [-0.2, -0.15) is 0 Å². The first-order valence-corrected chi connectivity index (χ1v) is 7.65. The van der Waals surface area contributed by atoms with E-state index < -0.39 is 0 Å². The molecule has 19 heavy (non-hydrogen) atoms. The smallest absolute Gasteiger partial charge is 0.0231 e. The third-order valence-electron chi connectivity index (χ3n) is 3.84. The Bertz CT molecular complexity index is 398. The number of hydrogen-bond donors (Lipinski definition) is 1. The Balaban J connectivity index is 1.74. The van der Waals surface area contributed by atoms with E-state index in [1.165, 1.54) is 24.8 Å². The van der Waals surface area contributed by atoms with Gasteiger partial charge in [-0.25, -0.2) is 0 Å². The lowest BCUT2D eigenvalue weighted by Crippen LogP contribution is -2.30. The molecule has 0 saturated heterocycles. The molecule has 2 nitrogen and oxygen atoms in total. The van der Waals surface area contributed by atoms with Crippen molar-refractivity contribution < 1.29 is 0 Å². The third-order valence-corrected chi connectivity index (χ3v) is 3.84. The van der Waals surface area contributed by atoms with Gasteiger partial charge in [0.1, 0.15) is 0 Å². The zero-order chi connectivity index (χ0) is 13.7. The zero-order valence-corrected chi connectivity index (χ0v) is 12.7. The van der Waals surface area contributed by atoms with Crippen LogP contribution in [0.15, 0.2) is 18.2 Å². The maximum Gasteiger partial charge on any atom is 0.0231 e. The van der Waals surface area contributed by atoms with Crippen molar-refractivity contribution in [3.63, 3.8) is 0 Å². The van der Waals surface area contributed by atoms with Crippen molar-refractivity contribution in [2.24, 2.45) is 5.92 Å². The Kier molecular flexibility index (Phi) is 5.41. The Labute approximate surface area is 118 Å². The Morgan fingerprint density at radius 3 is 2.79 bits per heavy atom. The number of nitrogens with zero attached hydrogens (tertiary/aromatic N) is 1. The van der Waals surface area contributed by atoms with Crippen molar-refractivity contribution in [3.05, 3.63) is 34.9 Å². The van der Waals surface area contributed by atoms with Gasteiger partial charge in [-0.05, 0) is 55.5 Å². The highest BCUT2D eigenvalue weighted by atomic mass is 15.1. The SMILES string of the molecule is CC(C)CNCCN(C)Cc1ccc2c(c1)CCC2. The minimum Gasteiger partial charge on any atom is -0.315 e. The summed E-state index contributed by atoms with van der Waals surface area (Å²) < 4.78 is 0. The lowest BCUT2D eigenvalue weighted by Gasteiger charge is -2.18. The standard InChI is InChI=1S/C17H28N2/c1-14(2)12-18-9-10-19(3)13-15-7-8-16-5-4-6-17(16)11-15/h7-8,11,14,18H,4-6,9-10,12-13H2,1-3H3. The van der Waals surface area contributed by atoms with Crippen LogP contribution in [0, 0.1) is 5.92 Å². The van der Waals surface area contributed by atoms with E-state index in [9.17, 15) is 0 Å². The minimum atomic E-state index is 0.738. The summed E-state index contributed by atoms with van der Waals surface area (Å²) >= 11 is 0. The molecule has 1 aliphatic carbocycles. The van der Waals surface area contributed by atoms with E-state index in [1.54, 1.807) is 11.1 Å². The van der Waals surface area contributed by atoms with E-state index in [1.807, 2.05) is 0 Å². The van der Waals surface area contributed by atoms with Crippen molar-refractivity contribution in [2.75, 3.05) is 26.7 Å². The molecule has 0 saturated carbocycles. The van der Waals surface area contributed by atoms with Crippen LogP contribution in [0.5, 0.6) is 0 Å². The number of nitrogens with one attached hydrogen (secondary N) is 1. The van der Waals surface area contributed by atoms with Gasteiger partial charge in [0.05, 0.1) is 0 Å². The largest absolute Gasteiger partial charge is 0.315 e. The molecule has 0 amide bonds. The lowest BCUT2D eigenvalue weighted by atomic mass is 10.1. The molecule has 0 aromatic heterocycles. The van der Waals surface area contributed by atoms with Crippen LogP contribution in [0.1, 0.15) is 37.0 Å². The third kappa shape index (κ3) is 4.63. The quantitative estimate of drug-likeness (QED) is 0.758. The van der Waals surface area contributed by atoms with E-state index in [2.05, 4.69) is 49.3 Å². The van der Waals surface area contributed by atoms with Gasteiger partial charge in [-0.1, -0.05) is 32.0 Å². The monoisotopic (exact) mass is 260 g/mol. The Morgan fingerprint density at radius 2 is 2.00 bits per heavy atom. The average Bonchev–Trinajstić information content (AvgIpc) is 2.82. The number of benzene rings is 1. The Morgan fingerprint density at radius 1 is 1.21 bits per heavy atom. The van der Waals surface area contributed by atoms with Gasteiger partial charge in [0.2, 0.25) is 0 Å². The minimum absolute atomic E-state index is 0.738. The Hall–Kier alpha value is -0.860. The van der Waals surface area contributed by atoms with Crippen LogP contribution < -0.4 is 5.32 Å². The molecule has 0 bridgehead atoms. The van der Waals surface area contributed by atoms with E-state index in [4.69, 9.17) is 0 Å². The molecule has 1 aliphatic rings. The fourth-order valence-electron chi connectivity index (χ4n) is 2.77. The predicted molar refractivity (Wildman–Crippen MR) is 82.5 cm³/mol. The molecule has 2 heteroatoms. The van der Waals surface area contributed by atoms with Gasteiger partial charge in [0.25, 0.3) is 0 Å². The molecule has 0 fully saturated rings. The summed E-state index contributed by atoms with van der Waals surface area (Å²) in [6, 6.07) is 7.06. The highest BCUT2D eigenvalue weighted by molar-refractivity contribution is 5.35. The number of rotatable bonds is 7. The maximum atomic E-state index is 3.50. The maximum absolute atomic E-state index is 3.50. The highest BCUT2D eigenvalue weighted by Crippen LogP contribution is 2.23. The summed E-state index contributed by atoms with van der Waals surface area (Å²) in [4.78, 5) is 2.41. The normalized spacial score (nSPS) is 14.4. The second kappa shape index (κ2) is 7.06. The van der Waals surface area contributed by atoms with Gasteiger partial charge in [-0.15, -0.1) is 0 Å². The molecular weight excluding hydrogens is 232 g/mol. The zero-order valence-electron chi connectivity index (χ0n) is 12.7. The van der Waals surface area contributed by atoms with Crippen molar-refractivity contribution in [1.29, 1.82) is 0 Å². The number of aryl methyl sites for hydroxylation is 2. The molecule has 1 N–H and O–H groups in total. The van der Waals surface area contributed by atoms with Crippen LogP contribution in [-0.2, 0) is 19.4 Å². The van der Waals surface area contributed by atoms with Crippen molar-refractivity contribution in [3.8, 4) is 0 Å². The fourth-order valence-corrected chi connectivity index (χ4v) is 2.77. The highest BCUT2D eigenvalue weighted by Gasteiger charge is 2.11. The first kappa shape index (κ1) is 14.5. The summed E-state index contributed by atoms with van der Waals surface area (Å²) in [6.45, 7) is 8.88. The van der Waals surface area contributed by atoms with E-state index in [0.29, 0.717) is 0 Å². The van der Waals surface area contributed by atoms with Crippen LogP contribution >= 0.6 is 0 Å². The second-order valence-electron chi connectivity index (χ2n) is 6.29. The molecule has 2 rings (SSSR count). The first-order valence-electron chi connectivity index (χ1n) is 7.65. The molecule has 0 spiro atoms.